The smallest absolute Gasteiger partial charge is 0.330 e. The maximum atomic E-state index is 11.3. The van der Waals surface area contributed by atoms with Crippen LogP contribution in [0.3, 0.4) is 0 Å². The van der Waals surface area contributed by atoms with Crippen molar-refractivity contribution >= 4 is 33.1 Å². The van der Waals surface area contributed by atoms with Crippen molar-refractivity contribution in [3.63, 3.8) is 0 Å². The van der Waals surface area contributed by atoms with Crippen molar-refractivity contribution in [1.82, 2.24) is 0 Å². The molecule has 0 N–H and O–H groups in total. The summed E-state index contributed by atoms with van der Waals surface area (Å²) in [6, 6.07) is 0. The van der Waals surface area contributed by atoms with Gasteiger partial charge in [0.25, 0.3) is 5.97 Å². The number of carbonyl (C=O) groups is 1. The van der Waals surface area contributed by atoms with E-state index in [0.717, 1.165) is 0 Å². The first kappa shape index (κ1) is 21.7. The average molecular weight is 365 g/mol. The largest absolute Gasteiger partial charge is 0.463 e. The monoisotopic (exact) mass is 364 g/mol. The van der Waals surface area contributed by atoms with Crippen LogP contribution in [0.2, 0.25) is 39.3 Å². The van der Waals surface area contributed by atoms with E-state index in [-0.39, 0.29) is 5.97 Å². The standard InChI is InChI=1S/C14H32O5Si3/c1-8-10-13(15)16-12-9-11-14(17-20,18-21(2,3)4)19-22(5,6)7/h8,10H,9,11-12H2,1-7,20H3. The lowest BCUT2D eigenvalue weighted by molar-refractivity contribution is -0.268. The van der Waals surface area contributed by atoms with Crippen LogP contribution in [0.4, 0.5) is 0 Å². The summed E-state index contributed by atoms with van der Waals surface area (Å²) in [7, 11) is -3.14. The third-order valence-electron chi connectivity index (χ3n) is 2.41. The first-order valence-electron chi connectivity index (χ1n) is 7.68. The summed E-state index contributed by atoms with van der Waals surface area (Å²) < 4.78 is 23.3. The highest BCUT2D eigenvalue weighted by Gasteiger charge is 2.40. The van der Waals surface area contributed by atoms with Gasteiger partial charge in [-0.25, -0.2) is 4.79 Å². The van der Waals surface area contributed by atoms with E-state index in [9.17, 15) is 4.79 Å². The minimum absolute atomic E-state index is 0.322. The van der Waals surface area contributed by atoms with Crippen LogP contribution in [-0.2, 0) is 22.8 Å². The molecule has 0 aliphatic carbocycles. The Morgan fingerprint density at radius 1 is 1.09 bits per heavy atom. The number of allylic oxidation sites excluding steroid dienone is 1. The van der Waals surface area contributed by atoms with E-state index in [1.165, 1.54) is 6.08 Å². The predicted octanol–water partition coefficient (Wildman–Crippen LogP) is 2.54. The first-order chi connectivity index (χ1) is 9.93. The van der Waals surface area contributed by atoms with Crippen molar-refractivity contribution in [2.24, 2.45) is 0 Å². The molecule has 0 aromatic heterocycles. The summed E-state index contributed by atoms with van der Waals surface area (Å²) in [5.41, 5.74) is 0. The molecule has 22 heavy (non-hydrogen) atoms. The second-order valence-corrected chi connectivity index (χ2v) is 16.4. The zero-order valence-electron chi connectivity index (χ0n) is 15.3. The molecular weight excluding hydrogens is 332 g/mol. The molecule has 130 valence electrons. The third-order valence-corrected chi connectivity index (χ3v) is 4.88. The molecule has 0 amide bonds. The summed E-state index contributed by atoms with van der Waals surface area (Å²) >= 11 is 0. The van der Waals surface area contributed by atoms with Crippen molar-refractivity contribution in [2.75, 3.05) is 6.61 Å². The van der Waals surface area contributed by atoms with Gasteiger partial charge in [0.05, 0.1) is 6.61 Å². The molecule has 0 aromatic carbocycles. The number of rotatable bonds is 10. The fourth-order valence-corrected chi connectivity index (χ4v) is 4.99. The molecule has 0 unspecified atom stereocenters. The summed E-state index contributed by atoms with van der Waals surface area (Å²) in [5.74, 6) is -1.30. The van der Waals surface area contributed by atoms with Gasteiger partial charge in [0.15, 0.2) is 27.1 Å². The Morgan fingerprint density at radius 3 is 1.95 bits per heavy atom. The van der Waals surface area contributed by atoms with Crippen molar-refractivity contribution in [2.45, 2.75) is 65.0 Å². The van der Waals surface area contributed by atoms with Gasteiger partial charge in [0, 0.05) is 12.5 Å². The SMILES string of the molecule is CC=CC(=O)OCCCC(O[SiH3])(O[Si](C)(C)C)O[Si](C)(C)C. The van der Waals surface area contributed by atoms with Crippen LogP contribution in [0.5, 0.6) is 0 Å². The molecule has 0 saturated carbocycles. The van der Waals surface area contributed by atoms with E-state index in [1.807, 2.05) is 0 Å². The quantitative estimate of drug-likeness (QED) is 0.196. The Labute approximate surface area is 140 Å². The zero-order chi connectivity index (χ0) is 17.4. The summed E-state index contributed by atoms with van der Waals surface area (Å²) in [6.45, 7) is 14.8. The molecule has 8 heteroatoms. The van der Waals surface area contributed by atoms with E-state index in [0.29, 0.717) is 29.9 Å². The molecule has 0 spiro atoms. The Kier molecular flexibility index (Phi) is 9.03. The van der Waals surface area contributed by atoms with E-state index in [2.05, 4.69) is 39.3 Å². The second kappa shape index (κ2) is 9.14. The molecular formula is C14H32O5Si3. The molecule has 0 atom stereocenters. The van der Waals surface area contributed by atoms with Crippen LogP contribution in [0.1, 0.15) is 19.8 Å². The topological polar surface area (TPSA) is 54.0 Å². The lowest BCUT2D eigenvalue weighted by Crippen LogP contribution is -2.51. The lowest BCUT2D eigenvalue weighted by atomic mass is 10.3. The van der Waals surface area contributed by atoms with Crippen LogP contribution in [0.15, 0.2) is 12.2 Å². The molecule has 5 nitrogen and oxygen atoms in total. The number of hydrogen-bond acceptors (Lipinski definition) is 5. The number of carbonyl (C=O) groups excluding carboxylic acids is 1. The molecule has 0 rings (SSSR count). The number of hydrogen-bond donors (Lipinski definition) is 0. The minimum atomic E-state index is -1.83. The van der Waals surface area contributed by atoms with Gasteiger partial charge in [-0.1, -0.05) is 6.08 Å². The van der Waals surface area contributed by atoms with Gasteiger partial charge in [0.1, 0.15) is 0 Å². The lowest BCUT2D eigenvalue weighted by Gasteiger charge is -2.41. The zero-order valence-corrected chi connectivity index (χ0v) is 19.3. The van der Waals surface area contributed by atoms with Gasteiger partial charge in [-0.05, 0) is 52.6 Å². The molecule has 0 radical (unpaired) electrons. The first-order valence-corrected chi connectivity index (χ1v) is 15.3. The maximum Gasteiger partial charge on any atom is 0.330 e. The molecule has 0 fully saturated rings. The average Bonchev–Trinajstić information content (AvgIpc) is 2.31. The van der Waals surface area contributed by atoms with E-state index >= 15 is 0 Å². The van der Waals surface area contributed by atoms with Crippen LogP contribution >= 0.6 is 0 Å². The normalized spacial score (nSPS) is 13.8. The second-order valence-electron chi connectivity index (χ2n) is 7.09. The highest BCUT2D eigenvalue weighted by atomic mass is 28.4. The van der Waals surface area contributed by atoms with Crippen molar-refractivity contribution in [1.29, 1.82) is 0 Å². The molecule has 0 heterocycles. The summed E-state index contributed by atoms with van der Waals surface area (Å²) in [6.07, 6.45) is 4.28. The van der Waals surface area contributed by atoms with Crippen LogP contribution in [0.25, 0.3) is 0 Å². The van der Waals surface area contributed by atoms with E-state index in [4.69, 9.17) is 18.0 Å². The van der Waals surface area contributed by atoms with E-state index in [1.54, 1.807) is 13.0 Å². The molecule has 0 aliphatic heterocycles. The van der Waals surface area contributed by atoms with Gasteiger partial charge in [-0.15, -0.1) is 0 Å². The third kappa shape index (κ3) is 10.5. The maximum absolute atomic E-state index is 11.3. The summed E-state index contributed by atoms with van der Waals surface area (Å²) in [4.78, 5) is 11.3. The van der Waals surface area contributed by atoms with E-state index < -0.39 is 22.6 Å². The van der Waals surface area contributed by atoms with Crippen LogP contribution in [-0.4, -0.2) is 45.7 Å². The Balaban J connectivity index is 4.74. The fraction of sp³-hybridized carbons (Fsp3) is 0.786. The Hall–Kier alpha value is -0.259. The van der Waals surface area contributed by atoms with Crippen LogP contribution < -0.4 is 0 Å². The number of ether oxygens (including phenoxy) is 1. The fourth-order valence-electron chi connectivity index (χ4n) is 1.89. The van der Waals surface area contributed by atoms with Crippen molar-refractivity contribution in [3.05, 3.63) is 12.2 Å². The van der Waals surface area contributed by atoms with Gasteiger partial charge in [-0.2, -0.15) is 0 Å². The highest BCUT2D eigenvalue weighted by molar-refractivity contribution is 6.71. The van der Waals surface area contributed by atoms with Gasteiger partial charge in [-0.3, -0.25) is 0 Å². The van der Waals surface area contributed by atoms with Crippen molar-refractivity contribution < 1.29 is 22.8 Å². The van der Waals surface area contributed by atoms with Crippen molar-refractivity contribution in [3.8, 4) is 0 Å². The molecule has 0 aliphatic rings. The summed E-state index contributed by atoms with van der Waals surface area (Å²) in [5, 5.41) is 0. The van der Waals surface area contributed by atoms with Gasteiger partial charge < -0.3 is 18.0 Å². The minimum Gasteiger partial charge on any atom is -0.463 e. The van der Waals surface area contributed by atoms with Gasteiger partial charge >= 0.3 is 5.97 Å². The number of esters is 1. The predicted molar refractivity (Wildman–Crippen MR) is 97.6 cm³/mol. The molecule has 0 bridgehead atoms. The van der Waals surface area contributed by atoms with Gasteiger partial charge in [0.2, 0.25) is 0 Å². The Morgan fingerprint density at radius 2 is 1.59 bits per heavy atom. The van der Waals surface area contributed by atoms with Crippen LogP contribution in [0, 0.1) is 0 Å². The highest BCUT2D eigenvalue weighted by Crippen LogP contribution is 2.29. The molecule has 0 saturated heterocycles. The Bertz CT molecular complexity index is 356. The molecule has 0 aromatic rings.